The normalized spacial score (nSPS) is 20.7. The van der Waals surface area contributed by atoms with E-state index in [9.17, 15) is 9.59 Å². The van der Waals surface area contributed by atoms with Gasteiger partial charge in [0.15, 0.2) is 0 Å². The Kier molecular flexibility index (Phi) is 8.40. The number of amides is 1. The van der Waals surface area contributed by atoms with E-state index in [0.29, 0.717) is 25.1 Å². The number of carboxylic acid groups (broad SMARTS) is 1. The number of hydrogen-bond acceptors (Lipinski definition) is 4. The Morgan fingerprint density at radius 1 is 1.33 bits per heavy atom. The fourth-order valence-electron chi connectivity index (χ4n) is 2.17. The molecule has 0 aromatic rings. The van der Waals surface area contributed by atoms with Gasteiger partial charge in [-0.2, -0.15) is 0 Å². The lowest BCUT2D eigenvalue weighted by atomic mass is 9.74. The van der Waals surface area contributed by atoms with Crippen molar-refractivity contribution < 1.29 is 14.7 Å². The standard InChI is InChI=1S/C15H21NO3S2/c1-2-7-15(8-4-3-5-9-15)14(19)16-10-12-21-20-11-6-13(17)18/h1,3-4H,5-12H2,(H,16,19)(H,17,18). The molecule has 0 saturated heterocycles. The van der Waals surface area contributed by atoms with Crippen molar-refractivity contribution in [2.45, 2.75) is 32.1 Å². The van der Waals surface area contributed by atoms with Crippen LogP contribution in [0.5, 0.6) is 0 Å². The van der Waals surface area contributed by atoms with Gasteiger partial charge < -0.3 is 10.4 Å². The number of nitrogens with one attached hydrogen (secondary N) is 1. The monoisotopic (exact) mass is 327 g/mol. The molecule has 0 aromatic heterocycles. The van der Waals surface area contributed by atoms with E-state index in [0.717, 1.165) is 18.6 Å². The van der Waals surface area contributed by atoms with Crippen molar-refractivity contribution in [1.82, 2.24) is 5.32 Å². The molecule has 0 radical (unpaired) electrons. The van der Waals surface area contributed by atoms with Gasteiger partial charge in [0.2, 0.25) is 5.91 Å². The Balaban J connectivity index is 2.24. The number of aliphatic carboxylic acids is 1. The maximum Gasteiger partial charge on any atom is 0.304 e. The lowest BCUT2D eigenvalue weighted by Gasteiger charge is -2.31. The Labute approximate surface area is 133 Å². The van der Waals surface area contributed by atoms with Gasteiger partial charge in [-0.05, 0) is 19.3 Å². The molecule has 1 rings (SSSR count). The average Bonchev–Trinajstić information content (AvgIpc) is 2.47. The third-order valence-corrected chi connectivity index (χ3v) is 5.75. The van der Waals surface area contributed by atoms with Crippen molar-refractivity contribution in [2.24, 2.45) is 5.41 Å². The zero-order valence-corrected chi connectivity index (χ0v) is 13.6. The van der Waals surface area contributed by atoms with Crippen molar-refractivity contribution in [3.05, 3.63) is 12.2 Å². The van der Waals surface area contributed by atoms with Crippen molar-refractivity contribution in [3.63, 3.8) is 0 Å². The van der Waals surface area contributed by atoms with E-state index in [1.54, 1.807) is 10.8 Å². The molecule has 1 atom stereocenters. The number of terminal acetylenes is 1. The molecule has 0 aliphatic heterocycles. The summed E-state index contributed by atoms with van der Waals surface area (Å²) in [5, 5.41) is 11.5. The molecule has 6 heteroatoms. The Bertz CT molecular complexity index is 431. The Hall–Kier alpha value is -1.06. The summed E-state index contributed by atoms with van der Waals surface area (Å²) >= 11 is 0. The topological polar surface area (TPSA) is 66.4 Å². The van der Waals surface area contributed by atoms with Crippen LogP contribution in [0.4, 0.5) is 0 Å². The van der Waals surface area contributed by atoms with Gasteiger partial charge in [-0.1, -0.05) is 33.7 Å². The molecule has 1 aliphatic carbocycles. The van der Waals surface area contributed by atoms with Crippen molar-refractivity contribution in [1.29, 1.82) is 0 Å². The molecule has 21 heavy (non-hydrogen) atoms. The molecule has 0 saturated carbocycles. The number of carbonyl (C=O) groups excluding carboxylic acids is 1. The molecule has 1 amide bonds. The molecule has 116 valence electrons. The van der Waals surface area contributed by atoms with Crippen LogP contribution in [0.2, 0.25) is 0 Å². The molecule has 4 nitrogen and oxygen atoms in total. The minimum Gasteiger partial charge on any atom is -0.481 e. The third kappa shape index (κ3) is 6.49. The Morgan fingerprint density at radius 3 is 2.71 bits per heavy atom. The van der Waals surface area contributed by atoms with Gasteiger partial charge in [0.1, 0.15) is 0 Å². The van der Waals surface area contributed by atoms with E-state index in [1.807, 2.05) is 6.08 Å². The van der Waals surface area contributed by atoms with Crippen molar-refractivity contribution >= 4 is 33.5 Å². The van der Waals surface area contributed by atoms with Gasteiger partial charge in [-0.3, -0.25) is 9.59 Å². The minimum atomic E-state index is -0.780. The molecular weight excluding hydrogens is 306 g/mol. The zero-order chi connectivity index (χ0) is 15.6. The zero-order valence-electron chi connectivity index (χ0n) is 12.0. The smallest absolute Gasteiger partial charge is 0.304 e. The van der Waals surface area contributed by atoms with Gasteiger partial charge in [0, 0.05) is 24.5 Å². The first-order chi connectivity index (χ1) is 10.1. The van der Waals surface area contributed by atoms with E-state index < -0.39 is 11.4 Å². The lowest BCUT2D eigenvalue weighted by Crippen LogP contribution is -2.42. The lowest BCUT2D eigenvalue weighted by molar-refractivity contribution is -0.136. The van der Waals surface area contributed by atoms with Gasteiger partial charge in [0.25, 0.3) is 0 Å². The summed E-state index contributed by atoms with van der Waals surface area (Å²) in [6.07, 6.45) is 12.6. The second kappa shape index (κ2) is 9.80. The van der Waals surface area contributed by atoms with E-state index in [-0.39, 0.29) is 12.3 Å². The van der Waals surface area contributed by atoms with Gasteiger partial charge in [-0.15, -0.1) is 12.3 Å². The van der Waals surface area contributed by atoms with Gasteiger partial charge in [0.05, 0.1) is 11.8 Å². The summed E-state index contributed by atoms with van der Waals surface area (Å²) < 4.78 is 0. The highest BCUT2D eigenvalue weighted by Crippen LogP contribution is 2.36. The summed E-state index contributed by atoms with van der Waals surface area (Å²) in [4.78, 5) is 22.7. The summed E-state index contributed by atoms with van der Waals surface area (Å²) in [5.74, 6) is 3.24. The fourth-order valence-corrected chi connectivity index (χ4v) is 4.06. The molecule has 0 spiro atoms. The number of carboxylic acids is 1. The van der Waals surface area contributed by atoms with Crippen LogP contribution in [0, 0.1) is 17.8 Å². The minimum absolute atomic E-state index is 0.0425. The van der Waals surface area contributed by atoms with Crippen molar-refractivity contribution in [2.75, 3.05) is 18.1 Å². The van der Waals surface area contributed by atoms with Crippen LogP contribution in [0.3, 0.4) is 0 Å². The molecular formula is C15H21NO3S2. The van der Waals surface area contributed by atoms with Gasteiger partial charge in [-0.25, -0.2) is 0 Å². The molecule has 0 bridgehead atoms. The highest BCUT2D eigenvalue weighted by atomic mass is 33.1. The molecule has 0 aromatic carbocycles. The summed E-state index contributed by atoms with van der Waals surface area (Å²) in [6.45, 7) is 0.583. The molecule has 0 heterocycles. The Morgan fingerprint density at radius 2 is 2.10 bits per heavy atom. The summed E-state index contributed by atoms with van der Waals surface area (Å²) in [7, 11) is 3.10. The number of rotatable bonds is 9. The largest absolute Gasteiger partial charge is 0.481 e. The number of allylic oxidation sites excluding steroid dienone is 2. The first-order valence-electron chi connectivity index (χ1n) is 6.94. The van der Waals surface area contributed by atoms with Gasteiger partial charge >= 0.3 is 5.97 Å². The van der Waals surface area contributed by atoms with E-state index >= 15 is 0 Å². The molecule has 1 unspecified atom stereocenters. The van der Waals surface area contributed by atoms with E-state index in [1.165, 1.54) is 10.8 Å². The van der Waals surface area contributed by atoms with Crippen LogP contribution in [-0.4, -0.2) is 35.0 Å². The van der Waals surface area contributed by atoms with Crippen LogP contribution in [-0.2, 0) is 9.59 Å². The molecule has 0 fully saturated rings. The SMILES string of the molecule is C#CCC1(C(=O)NCCSSCCC(=O)O)CC=CCC1. The highest BCUT2D eigenvalue weighted by Gasteiger charge is 2.36. The third-order valence-electron chi connectivity index (χ3n) is 3.34. The fraction of sp³-hybridized carbons (Fsp3) is 0.600. The predicted octanol–water partition coefficient (Wildman–Crippen LogP) is 2.71. The predicted molar refractivity (Wildman–Crippen MR) is 89.1 cm³/mol. The quantitative estimate of drug-likeness (QED) is 0.295. The highest BCUT2D eigenvalue weighted by molar-refractivity contribution is 8.76. The average molecular weight is 327 g/mol. The number of carbonyl (C=O) groups is 2. The van der Waals surface area contributed by atoms with Crippen LogP contribution in [0.25, 0.3) is 0 Å². The van der Waals surface area contributed by atoms with Crippen LogP contribution < -0.4 is 5.32 Å². The molecule has 1 aliphatic rings. The summed E-state index contributed by atoms with van der Waals surface area (Å²) in [5.41, 5.74) is -0.440. The van der Waals surface area contributed by atoms with Crippen LogP contribution in [0.1, 0.15) is 32.1 Å². The van der Waals surface area contributed by atoms with E-state index in [4.69, 9.17) is 11.5 Å². The van der Waals surface area contributed by atoms with E-state index in [2.05, 4.69) is 17.3 Å². The second-order valence-corrected chi connectivity index (χ2v) is 7.62. The second-order valence-electron chi connectivity index (χ2n) is 4.92. The van der Waals surface area contributed by atoms with Crippen molar-refractivity contribution in [3.8, 4) is 12.3 Å². The number of hydrogen-bond donors (Lipinski definition) is 2. The molecule has 2 N–H and O–H groups in total. The first kappa shape index (κ1) is 18.0. The first-order valence-corrected chi connectivity index (χ1v) is 9.42. The van der Waals surface area contributed by atoms with Crippen LogP contribution >= 0.6 is 21.6 Å². The maximum absolute atomic E-state index is 12.4. The summed E-state index contributed by atoms with van der Waals surface area (Å²) in [6, 6.07) is 0. The maximum atomic E-state index is 12.4. The van der Waals surface area contributed by atoms with Crippen LogP contribution in [0.15, 0.2) is 12.2 Å².